The topological polar surface area (TPSA) is 20.2 Å². The first kappa shape index (κ1) is 22.5. The van der Waals surface area contributed by atoms with Crippen LogP contribution < -0.4 is 0 Å². The standard InChI is InChI=1S/C30H50O/c1-20(2)9-8-10-21(3)22-13-15-28(7)24-12-11-23-26(4,5)25(31)14-16-29(23)19-30(24,29)18-17-27(22,28)6/h9,21-25,31H,8,10-19H2,1-7H3/t21-,22-,23+,24+,25?,27-,28+,29-,30-/m1/s1. The Morgan fingerprint density at radius 3 is 2.26 bits per heavy atom. The van der Waals surface area contributed by atoms with E-state index in [2.05, 4.69) is 54.5 Å². The van der Waals surface area contributed by atoms with Crippen molar-refractivity contribution < 1.29 is 5.11 Å². The van der Waals surface area contributed by atoms with E-state index in [4.69, 9.17) is 0 Å². The summed E-state index contributed by atoms with van der Waals surface area (Å²) in [5.74, 6) is 3.46. The number of aliphatic hydroxyl groups is 1. The average Bonchev–Trinajstić information content (AvgIpc) is 3.27. The minimum Gasteiger partial charge on any atom is -0.393 e. The minimum atomic E-state index is -0.0840. The molecule has 31 heavy (non-hydrogen) atoms. The summed E-state index contributed by atoms with van der Waals surface area (Å²) in [6.45, 7) is 17.3. The van der Waals surface area contributed by atoms with Crippen LogP contribution in [-0.2, 0) is 0 Å². The molecule has 0 amide bonds. The first-order chi connectivity index (χ1) is 14.4. The maximum Gasteiger partial charge on any atom is 0.0594 e. The van der Waals surface area contributed by atoms with E-state index in [0.717, 1.165) is 30.1 Å². The maximum atomic E-state index is 10.8. The Kier molecular flexibility index (Phi) is 4.98. The van der Waals surface area contributed by atoms with Gasteiger partial charge in [0.15, 0.2) is 0 Å². The molecule has 1 nitrogen and oxygen atoms in total. The molecule has 1 unspecified atom stereocenters. The van der Waals surface area contributed by atoms with E-state index in [0.29, 0.717) is 21.7 Å². The van der Waals surface area contributed by atoms with Crippen LogP contribution in [0.25, 0.3) is 0 Å². The molecule has 5 aliphatic carbocycles. The van der Waals surface area contributed by atoms with Gasteiger partial charge in [-0.3, -0.25) is 0 Å². The van der Waals surface area contributed by atoms with E-state index < -0.39 is 0 Å². The smallest absolute Gasteiger partial charge is 0.0594 e. The second kappa shape index (κ2) is 6.86. The van der Waals surface area contributed by atoms with Crippen LogP contribution in [0.2, 0.25) is 0 Å². The largest absolute Gasteiger partial charge is 0.393 e. The molecule has 0 aliphatic heterocycles. The number of aliphatic hydroxyl groups excluding tert-OH is 1. The van der Waals surface area contributed by atoms with Crippen LogP contribution in [0, 0.1) is 50.7 Å². The highest BCUT2D eigenvalue weighted by Crippen LogP contribution is 2.89. The molecule has 0 heterocycles. The van der Waals surface area contributed by atoms with Gasteiger partial charge in [-0.15, -0.1) is 0 Å². The normalized spacial score (nSPS) is 52.9. The van der Waals surface area contributed by atoms with Crippen LogP contribution in [0.4, 0.5) is 0 Å². The highest BCUT2D eigenvalue weighted by Gasteiger charge is 2.82. The summed E-state index contributed by atoms with van der Waals surface area (Å²) >= 11 is 0. The van der Waals surface area contributed by atoms with Crippen LogP contribution >= 0.6 is 0 Å². The lowest BCUT2D eigenvalue weighted by Crippen LogP contribution is -2.57. The third-order valence-corrected chi connectivity index (χ3v) is 13.0. The van der Waals surface area contributed by atoms with Crippen molar-refractivity contribution in [3.63, 3.8) is 0 Å². The van der Waals surface area contributed by atoms with Crippen molar-refractivity contribution in [1.29, 1.82) is 0 Å². The van der Waals surface area contributed by atoms with Gasteiger partial charge in [0.1, 0.15) is 0 Å². The Bertz CT molecular complexity index is 760. The Morgan fingerprint density at radius 1 is 0.871 bits per heavy atom. The molecular weight excluding hydrogens is 376 g/mol. The van der Waals surface area contributed by atoms with Gasteiger partial charge in [0, 0.05) is 0 Å². The summed E-state index contributed by atoms with van der Waals surface area (Å²) in [5.41, 5.74) is 3.87. The van der Waals surface area contributed by atoms with Gasteiger partial charge in [0.2, 0.25) is 0 Å². The molecule has 1 N–H and O–H groups in total. The van der Waals surface area contributed by atoms with Crippen LogP contribution in [0.5, 0.6) is 0 Å². The Morgan fingerprint density at radius 2 is 1.55 bits per heavy atom. The lowest BCUT2D eigenvalue weighted by molar-refractivity contribution is -0.161. The minimum absolute atomic E-state index is 0.0840. The van der Waals surface area contributed by atoms with Crippen molar-refractivity contribution in [3.8, 4) is 0 Å². The molecule has 2 spiro atoms. The monoisotopic (exact) mass is 426 g/mol. The lowest BCUT2D eigenvalue weighted by atomic mass is 9.41. The van der Waals surface area contributed by atoms with E-state index in [1.54, 1.807) is 0 Å². The lowest BCUT2D eigenvalue weighted by Gasteiger charge is -2.63. The predicted molar refractivity (Wildman–Crippen MR) is 131 cm³/mol. The van der Waals surface area contributed by atoms with Crippen LogP contribution in [-0.4, -0.2) is 11.2 Å². The Labute approximate surface area is 192 Å². The van der Waals surface area contributed by atoms with Gasteiger partial charge in [-0.05, 0) is 135 Å². The Balaban J connectivity index is 1.41. The van der Waals surface area contributed by atoms with Crippen molar-refractivity contribution in [2.24, 2.45) is 50.7 Å². The van der Waals surface area contributed by atoms with E-state index in [1.807, 2.05) is 0 Å². The summed E-state index contributed by atoms with van der Waals surface area (Å²) < 4.78 is 0. The van der Waals surface area contributed by atoms with Crippen LogP contribution in [0.1, 0.15) is 119 Å². The number of rotatable bonds is 4. The molecule has 0 aromatic heterocycles. The zero-order valence-corrected chi connectivity index (χ0v) is 21.7. The molecule has 0 aromatic carbocycles. The molecule has 0 aromatic rings. The van der Waals surface area contributed by atoms with Crippen molar-refractivity contribution in [3.05, 3.63) is 11.6 Å². The second-order valence-corrected chi connectivity index (χ2v) is 14.4. The van der Waals surface area contributed by atoms with Gasteiger partial charge >= 0.3 is 0 Å². The average molecular weight is 427 g/mol. The SMILES string of the molecule is CC(C)=CCC[C@@H](C)[C@H]1CC[C@@]2(C)[C@@H]3CC[C@H]4C(C)(C)C(O)CC[C@@]45C[C@]35CC[C@]12C. The van der Waals surface area contributed by atoms with Gasteiger partial charge in [0.05, 0.1) is 6.10 Å². The maximum absolute atomic E-state index is 10.8. The number of hydrogen-bond acceptors (Lipinski definition) is 1. The van der Waals surface area contributed by atoms with Gasteiger partial charge < -0.3 is 5.11 Å². The molecular formula is C30H50O. The fourth-order valence-electron chi connectivity index (χ4n) is 11.1. The first-order valence-electron chi connectivity index (χ1n) is 13.8. The quantitative estimate of drug-likeness (QED) is 0.449. The van der Waals surface area contributed by atoms with E-state index >= 15 is 0 Å². The molecule has 5 saturated carbocycles. The second-order valence-electron chi connectivity index (χ2n) is 14.4. The number of allylic oxidation sites excluding steroid dienone is 2. The molecule has 1 heteroatoms. The van der Waals surface area contributed by atoms with Crippen molar-refractivity contribution in [2.75, 3.05) is 0 Å². The van der Waals surface area contributed by atoms with E-state index in [1.165, 1.54) is 69.8 Å². The molecule has 5 rings (SSSR count). The third-order valence-electron chi connectivity index (χ3n) is 13.0. The molecule has 0 bridgehead atoms. The van der Waals surface area contributed by atoms with Crippen molar-refractivity contribution >= 4 is 0 Å². The summed E-state index contributed by atoms with van der Waals surface area (Å²) in [6.07, 6.45) is 17.6. The number of hydrogen-bond donors (Lipinski definition) is 1. The molecule has 5 aliphatic rings. The summed E-state index contributed by atoms with van der Waals surface area (Å²) in [6, 6.07) is 0. The summed E-state index contributed by atoms with van der Waals surface area (Å²) in [7, 11) is 0. The molecule has 0 saturated heterocycles. The molecule has 5 fully saturated rings. The fourth-order valence-corrected chi connectivity index (χ4v) is 11.1. The van der Waals surface area contributed by atoms with Crippen LogP contribution in [0.3, 0.4) is 0 Å². The van der Waals surface area contributed by atoms with E-state index in [-0.39, 0.29) is 11.5 Å². The van der Waals surface area contributed by atoms with Crippen molar-refractivity contribution in [1.82, 2.24) is 0 Å². The van der Waals surface area contributed by atoms with Gasteiger partial charge in [-0.2, -0.15) is 0 Å². The fraction of sp³-hybridized carbons (Fsp3) is 0.933. The molecule has 0 radical (unpaired) electrons. The molecule has 176 valence electrons. The van der Waals surface area contributed by atoms with Crippen molar-refractivity contribution in [2.45, 2.75) is 125 Å². The highest BCUT2D eigenvalue weighted by molar-refractivity contribution is 5.30. The number of fused-ring (bicyclic) bond motifs is 2. The summed E-state index contributed by atoms with van der Waals surface area (Å²) in [4.78, 5) is 0. The first-order valence-corrected chi connectivity index (χ1v) is 13.8. The Hall–Kier alpha value is -0.300. The zero-order valence-electron chi connectivity index (χ0n) is 21.7. The van der Waals surface area contributed by atoms with Gasteiger partial charge in [-0.25, -0.2) is 0 Å². The zero-order chi connectivity index (χ0) is 22.4. The van der Waals surface area contributed by atoms with E-state index in [9.17, 15) is 5.11 Å². The predicted octanol–water partition coefficient (Wildman–Crippen LogP) is 8.17. The van der Waals surface area contributed by atoms with Gasteiger partial charge in [-0.1, -0.05) is 46.3 Å². The molecule has 9 atom stereocenters. The summed E-state index contributed by atoms with van der Waals surface area (Å²) in [5, 5.41) is 10.8. The highest BCUT2D eigenvalue weighted by atomic mass is 16.3. The third kappa shape index (κ3) is 2.71. The van der Waals surface area contributed by atoms with Gasteiger partial charge in [0.25, 0.3) is 0 Å². The van der Waals surface area contributed by atoms with Crippen LogP contribution in [0.15, 0.2) is 11.6 Å².